The number of likely N-dealkylation sites (tertiary alicyclic amines) is 1. The van der Waals surface area contributed by atoms with Crippen LogP contribution in [0.1, 0.15) is 111 Å². The molecule has 4 aliphatic rings. The number of halogens is 2. The Hall–Kier alpha value is -2.83. The maximum Gasteiger partial charge on any atom is 2.00 e. The van der Waals surface area contributed by atoms with Gasteiger partial charge in [-0.25, -0.2) is 13.6 Å². The number of nitrogens with one attached hydrogen (secondary N) is 3. The molecule has 0 radical (unpaired) electrons. The van der Waals surface area contributed by atoms with Crippen molar-refractivity contribution in [2.75, 3.05) is 13.7 Å². The normalized spacial score (nSPS) is 26.6. The number of carbonyl (C=O) groups excluding carboxylic acids is 4. The molecule has 1 saturated heterocycles. The first-order valence-electron chi connectivity index (χ1n) is 21.0. The second-order valence-corrected chi connectivity index (χ2v) is 19.4. The molecule has 3 saturated carbocycles. The minimum atomic E-state index is -2.80. The van der Waals surface area contributed by atoms with E-state index in [2.05, 4.69) is 38.4 Å². The van der Waals surface area contributed by atoms with Crippen molar-refractivity contribution in [1.29, 1.82) is 0 Å². The number of aromatic nitrogens is 2. The zero-order chi connectivity index (χ0) is 41.8. The van der Waals surface area contributed by atoms with Crippen LogP contribution in [0.2, 0.25) is 0 Å². The largest absolute Gasteiger partial charge is 2.00 e. The average molecular weight is 1070 g/mol. The van der Waals surface area contributed by atoms with Crippen molar-refractivity contribution >= 4 is 50.9 Å². The van der Waals surface area contributed by atoms with Crippen molar-refractivity contribution < 1.29 is 68.5 Å². The average Bonchev–Trinajstić information content (AvgIpc) is 4.02. The van der Waals surface area contributed by atoms with Crippen LogP contribution in [0.15, 0.2) is 18.2 Å². The molecule has 2 heterocycles. The monoisotopic (exact) mass is 1060 g/mol. The number of hydrogen-bond donors (Lipinski definition) is 3. The summed E-state index contributed by atoms with van der Waals surface area (Å²) in [5, 5.41) is 7.42. The van der Waals surface area contributed by atoms with Crippen LogP contribution in [0.5, 0.6) is 5.75 Å². The summed E-state index contributed by atoms with van der Waals surface area (Å²) in [6, 6.07) is 3.60. The first-order chi connectivity index (χ1) is 27.7. The summed E-state index contributed by atoms with van der Waals surface area (Å²) in [4.78, 5) is 65.9. The van der Waals surface area contributed by atoms with E-state index in [9.17, 15) is 28.0 Å². The van der Waals surface area contributed by atoms with E-state index in [0.717, 1.165) is 86.7 Å². The molecule has 322 valence electrons. The van der Waals surface area contributed by atoms with Crippen molar-refractivity contribution in [2.45, 2.75) is 147 Å². The van der Waals surface area contributed by atoms with Gasteiger partial charge in [-0.3, -0.25) is 19.4 Å². The summed E-state index contributed by atoms with van der Waals surface area (Å²) < 4.78 is 42.4. The summed E-state index contributed by atoms with van der Waals surface area (Å²) in [5.74, 6) is -2.80. The van der Waals surface area contributed by atoms with Gasteiger partial charge in [-0.15, -0.1) is 18.7 Å². The number of rotatable bonds is 18. The molecule has 1 unspecified atom stereocenters. The molecule has 16 heteroatoms. The van der Waals surface area contributed by atoms with Gasteiger partial charge in [0.1, 0.15) is 23.4 Å². The van der Waals surface area contributed by atoms with Crippen molar-refractivity contribution in [2.24, 2.45) is 23.7 Å². The van der Waals surface area contributed by atoms with Crippen LogP contribution in [0, 0.1) is 67.4 Å². The van der Waals surface area contributed by atoms with Crippen molar-refractivity contribution in [1.82, 2.24) is 30.2 Å². The van der Waals surface area contributed by atoms with Crippen molar-refractivity contribution in [3.63, 3.8) is 0 Å². The van der Waals surface area contributed by atoms with Gasteiger partial charge in [-0.2, -0.15) is 0 Å². The standard InChI is InChI=1S/C43H60F2N6O6S.U/c1-7-27-19-22-51(36(27)38(52)49-43(24-31(43)37(44)45)40(54)50-58(8-2)42(5)20-21-42)39(53)35(26(3)4)48-41(55)57-34-16-12-14-28(34)13-10-9-11-15-29-25-46-33-23-30(56-6)17-18-32(33)47-29;/h8,17-19,23,26-28,31,34-37H,7,9-16,20-22,24H2,1-6H3,(H,48,55)(H,49,52)(H,50,54);/q-2;+2/t27-,28-,31+,34-,35+,36+,43-,58?;/m1./s1. The van der Waals surface area contributed by atoms with E-state index in [-0.39, 0.29) is 72.7 Å². The van der Waals surface area contributed by atoms with Gasteiger partial charge < -0.3 is 41.1 Å². The molecule has 2 aromatic rings. The summed E-state index contributed by atoms with van der Waals surface area (Å²) in [6.07, 6.45) is 10.6. The topological polar surface area (TPSA) is 152 Å². The Morgan fingerprint density at radius 2 is 1.90 bits per heavy atom. The number of nitrogens with zero attached hydrogens (tertiary/aromatic N) is 3. The van der Waals surface area contributed by atoms with E-state index < -0.39 is 64.5 Å². The van der Waals surface area contributed by atoms with Gasteiger partial charge in [0, 0.05) is 10.3 Å². The van der Waals surface area contributed by atoms with E-state index in [0.29, 0.717) is 6.42 Å². The van der Waals surface area contributed by atoms with E-state index >= 15 is 0 Å². The fraction of sp³-hybridized carbons (Fsp3) is 0.674. The molecule has 0 bridgehead atoms. The Balaban J connectivity index is 0.00000661. The second kappa shape index (κ2) is 20.4. The SMILES string of the molecule is C/C=S(/NC(=O)[C@@]1(NC(=O)[C@@H]2[C@H](CC)[CH-]CN2C(=O)[C@@H](NC(=O)O[C@@H]2CCC[C@H]2CCCCCc2[c-]nc3cc(OC)ccc3n2)C(C)C)C[C@H]1C(F)F)C1(C)CC1.[U+2]. The zero-order valence-corrected chi connectivity index (χ0v) is 40.1. The van der Waals surface area contributed by atoms with Gasteiger partial charge in [0.2, 0.25) is 18.2 Å². The number of aryl methyl sites for hydroxylation is 1. The number of fused-ring (bicyclic) bond motifs is 1. The smallest absolute Gasteiger partial charge is 0.498 e. The zero-order valence-electron chi connectivity index (χ0n) is 35.2. The number of unbranched alkanes of at least 4 members (excludes halogenated alkanes) is 2. The summed E-state index contributed by atoms with van der Waals surface area (Å²) in [5.41, 5.74) is 0.629. The number of benzene rings is 1. The maximum atomic E-state index is 14.2. The summed E-state index contributed by atoms with van der Waals surface area (Å²) in [6.45, 7) is 9.54. The van der Waals surface area contributed by atoms with E-state index in [1.54, 1.807) is 7.11 Å². The van der Waals surface area contributed by atoms with Crippen LogP contribution in [-0.2, 0) is 25.5 Å². The third-order valence-electron chi connectivity index (χ3n) is 12.6. The molecule has 12 nitrogen and oxygen atoms in total. The number of alkyl carbamates (subject to hydrolysis) is 1. The number of alkyl halides is 2. The van der Waals surface area contributed by atoms with Gasteiger partial charge in [-0.1, -0.05) is 62.3 Å². The predicted octanol–water partition coefficient (Wildman–Crippen LogP) is 6.72. The van der Waals surface area contributed by atoms with Gasteiger partial charge in [0.05, 0.1) is 19.1 Å². The van der Waals surface area contributed by atoms with Crippen LogP contribution in [0.25, 0.3) is 11.0 Å². The van der Waals surface area contributed by atoms with Crippen LogP contribution >= 0.6 is 10.7 Å². The minimum absolute atomic E-state index is 0. The Morgan fingerprint density at radius 3 is 2.54 bits per heavy atom. The molecule has 6 rings (SSSR count). The van der Waals surface area contributed by atoms with Crippen molar-refractivity contribution in [3.8, 4) is 5.75 Å². The molecule has 4 fully saturated rings. The Morgan fingerprint density at radius 1 is 1.14 bits per heavy atom. The number of carbonyl (C=O) groups is 4. The van der Waals surface area contributed by atoms with Crippen LogP contribution < -0.4 is 20.1 Å². The molecule has 1 aromatic carbocycles. The van der Waals surface area contributed by atoms with Gasteiger partial charge in [0.25, 0.3) is 5.91 Å². The Bertz CT molecular complexity index is 1870. The molecule has 0 spiro atoms. The van der Waals surface area contributed by atoms with E-state index in [1.807, 2.05) is 57.7 Å². The molecule has 1 aliphatic heterocycles. The first kappa shape index (κ1) is 47.2. The van der Waals surface area contributed by atoms with Crippen molar-refractivity contribution in [3.05, 3.63) is 36.5 Å². The van der Waals surface area contributed by atoms with E-state index in [4.69, 9.17) is 9.47 Å². The van der Waals surface area contributed by atoms with Gasteiger partial charge >= 0.3 is 37.2 Å². The summed E-state index contributed by atoms with van der Waals surface area (Å²) in [7, 11) is 0.987. The first-order valence-corrected chi connectivity index (χ1v) is 22.3. The quantitative estimate of drug-likeness (QED) is 0.0847. The Kier molecular flexibility index (Phi) is 16.3. The fourth-order valence-corrected chi connectivity index (χ4v) is 10.5. The maximum absolute atomic E-state index is 14.2. The molecule has 3 aliphatic carbocycles. The van der Waals surface area contributed by atoms with Crippen LogP contribution in [-0.4, -0.2) is 92.6 Å². The van der Waals surface area contributed by atoms with Gasteiger partial charge in [-0.05, 0) is 107 Å². The Labute approximate surface area is 373 Å². The third-order valence-corrected chi connectivity index (χ3v) is 15.0. The third kappa shape index (κ3) is 11.0. The molecular formula is C43H60F2N6O6SU. The molecule has 4 amide bonds. The summed E-state index contributed by atoms with van der Waals surface area (Å²) >= 11 is 0. The number of methoxy groups -OCH3 is 1. The molecular weight excluding hydrogens is 1000 g/mol. The predicted molar refractivity (Wildman–Crippen MR) is 220 cm³/mol. The molecule has 59 heavy (non-hydrogen) atoms. The van der Waals surface area contributed by atoms with Crippen LogP contribution in [0.3, 0.4) is 0 Å². The number of amides is 4. The number of hydrogen-bond acceptors (Lipinski definition) is 8. The number of ether oxygens (including phenoxy) is 2. The molecule has 1 aromatic heterocycles. The van der Waals surface area contributed by atoms with Crippen LogP contribution in [0.4, 0.5) is 13.6 Å². The fourth-order valence-electron chi connectivity index (χ4n) is 8.65. The molecule has 3 N–H and O–H groups in total. The second-order valence-electron chi connectivity index (χ2n) is 17.0. The van der Waals surface area contributed by atoms with E-state index in [1.165, 1.54) is 4.90 Å². The minimum Gasteiger partial charge on any atom is -0.498 e. The molecule has 8 atom stereocenters. The van der Waals surface area contributed by atoms with Gasteiger partial charge in [0.15, 0.2) is 0 Å².